The van der Waals surface area contributed by atoms with Gasteiger partial charge in [-0.15, -0.1) is 0 Å². The van der Waals surface area contributed by atoms with Crippen LogP contribution in [0, 0.1) is 17.1 Å². The van der Waals surface area contributed by atoms with Crippen LogP contribution in [0.2, 0.25) is 0 Å². The van der Waals surface area contributed by atoms with Crippen LogP contribution in [0.1, 0.15) is 49.7 Å². The van der Waals surface area contributed by atoms with Gasteiger partial charge in [-0.3, -0.25) is 0 Å². The Labute approximate surface area is 108 Å². The topological polar surface area (TPSA) is 35.8 Å². The summed E-state index contributed by atoms with van der Waals surface area (Å²) in [6, 6.07) is 6.99. The van der Waals surface area contributed by atoms with Gasteiger partial charge in [-0.05, 0) is 36.6 Å². The van der Waals surface area contributed by atoms with E-state index >= 15 is 0 Å². The van der Waals surface area contributed by atoms with Gasteiger partial charge in [0.15, 0.2) is 0 Å². The molecule has 1 N–H and O–H groups in total. The number of benzene rings is 1. The average molecular weight is 246 g/mol. The van der Waals surface area contributed by atoms with Gasteiger partial charge in [0.25, 0.3) is 0 Å². The second-order valence-corrected chi connectivity index (χ2v) is 4.98. The highest BCUT2D eigenvalue weighted by Crippen LogP contribution is 2.18. The maximum Gasteiger partial charge on any atom is 0.123 e. The average Bonchev–Trinajstić information content (AvgIpc) is 2.65. The van der Waals surface area contributed by atoms with E-state index in [0.717, 1.165) is 5.56 Å². The van der Waals surface area contributed by atoms with Gasteiger partial charge in [0.05, 0.1) is 11.6 Å². The van der Waals surface area contributed by atoms with Crippen molar-refractivity contribution in [2.45, 2.75) is 51.1 Å². The van der Waals surface area contributed by atoms with E-state index < -0.39 is 0 Å². The summed E-state index contributed by atoms with van der Waals surface area (Å²) >= 11 is 0. The second kappa shape index (κ2) is 6.51. The van der Waals surface area contributed by atoms with Crippen molar-refractivity contribution < 1.29 is 4.39 Å². The number of nitrogens with zero attached hydrogens (tertiary/aromatic N) is 1. The van der Waals surface area contributed by atoms with Crippen molar-refractivity contribution in [3.63, 3.8) is 0 Å². The lowest BCUT2D eigenvalue weighted by Crippen LogP contribution is -2.28. The van der Waals surface area contributed by atoms with E-state index in [1.165, 1.54) is 50.7 Å². The minimum Gasteiger partial charge on any atom is -0.310 e. The Morgan fingerprint density at radius 1 is 1.22 bits per heavy atom. The highest BCUT2D eigenvalue weighted by Gasteiger charge is 2.12. The number of hydrogen-bond acceptors (Lipinski definition) is 2. The van der Waals surface area contributed by atoms with E-state index in [1.54, 1.807) is 6.07 Å². The predicted octanol–water partition coefficient (Wildman–Crippen LogP) is 3.51. The number of hydrogen-bond donors (Lipinski definition) is 1. The molecule has 1 aromatic rings. The fraction of sp³-hybridized carbons (Fsp3) is 0.533. The van der Waals surface area contributed by atoms with Crippen molar-refractivity contribution in [2.75, 3.05) is 0 Å². The Hall–Kier alpha value is -1.40. The fourth-order valence-corrected chi connectivity index (χ4v) is 2.56. The molecule has 2 rings (SSSR count). The first-order valence-electron chi connectivity index (χ1n) is 6.71. The van der Waals surface area contributed by atoms with Gasteiger partial charge in [0.2, 0.25) is 0 Å². The molecule has 1 aromatic carbocycles. The zero-order valence-electron chi connectivity index (χ0n) is 10.6. The molecule has 0 radical (unpaired) electrons. The molecule has 0 unspecified atom stereocenters. The van der Waals surface area contributed by atoms with Crippen LogP contribution in [-0.2, 0) is 6.54 Å². The maximum absolute atomic E-state index is 13.2. The maximum atomic E-state index is 13.2. The summed E-state index contributed by atoms with van der Waals surface area (Å²) in [4.78, 5) is 0. The Morgan fingerprint density at radius 2 is 1.94 bits per heavy atom. The Bertz CT molecular complexity index is 429. The molecule has 18 heavy (non-hydrogen) atoms. The van der Waals surface area contributed by atoms with Crippen molar-refractivity contribution in [3.8, 4) is 6.07 Å². The molecule has 1 aliphatic carbocycles. The molecule has 2 nitrogen and oxygen atoms in total. The minimum atomic E-state index is -0.272. The van der Waals surface area contributed by atoms with E-state index in [0.29, 0.717) is 18.2 Å². The van der Waals surface area contributed by atoms with Crippen LogP contribution in [0.15, 0.2) is 18.2 Å². The van der Waals surface area contributed by atoms with Crippen molar-refractivity contribution in [3.05, 3.63) is 35.1 Å². The smallest absolute Gasteiger partial charge is 0.123 e. The molecule has 1 fully saturated rings. The van der Waals surface area contributed by atoms with Gasteiger partial charge >= 0.3 is 0 Å². The lowest BCUT2D eigenvalue weighted by Gasteiger charge is -2.16. The van der Waals surface area contributed by atoms with Gasteiger partial charge in [-0.1, -0.05) is 25.7 Å². The summed E-state index contributed by atoms with van der Waals surface area (Å²) in [6.45, 7) is 0.589. The standard InChI is InChI=1S/C15H19FN2/c16-14-8-7-12(10-17)13(9-14)11-18-15-5-3-1-2-4-6-15/h7-9,15,18H,1-6,11H2. The Balaban J connectivity index is 1.96. The third kappa shape index (κ3) is 3.54. The molecule has 0 bridgehead atoms. The second-order valence-electron chi connectivity index (χ2n) is 4.98. The van der Waals surface area contributed by atoms with Gasteiger partial charge in [0.1, 0.15) is 5.82 Å². The Kier molecular flexibility index (Phi) is 4.72. The molecule has 0 aliphatic heterocycles. The SMILES string of the molecule is N#Cc1ccc(F)cc1CNC1CCCCCC1. The molecule has 0 saturated heterocycles. The summed E-state index contributed by atoms with van der Waals surface area (Å²) in [5.41, 5.74) is 1.33. The number of nitriles is 1. The molecule has 0 aromatic heterocycles. The molecule has 1 saturated carbocycles. The molecule has 0 amide bonds. The quantitative estimate of drug-likeness (QED) is 0.828. The van der Waals surface area contributed by atoms with E-state index in [2.05, 4.69) is 11.4 Å². The highest BCUT2D eigenvalue weighted by atomic mass is 19.1. The predicted molar refractivity (Wildman–Crippen MR) is 69.4 cm³/mol. The number of rotatable bonds is 3. The van der Waals surface area contributed by atoms with Crippen LogP contribution in [0.5, 0.6) is 0 Å². The third-order valence-electron chi connectivity index (χ3n) is 3.62. The van der Waals surface area contributed by atoms with Gasteiger partial charge in [0, 0.05) is 12.6 Å². The molecule has 0 heterocycles. The van der Waals surface area contributed by atoms with Gasteiger partial charge in [-0.2, -0.15) is 5.26 Å². The van der Waals surface area contributed by atoms with Crippen LogP contribution in [0.4, 0.5) is 4.39 Å². The van der Waals surface area contributed by atoms with Crippen molar-refractivity contribution in [2.24, 2.45) is 0 Å². The summed E-state index contributed by atoms with van der Waals surface area (Å²) < 4.78 is 13.2. The molecule has 1 aliphatic rings. The number of halogens is 1. The summed E-state index contributed by atoms with van der Waals surface area (Å²) in [7, 11) is 0. The van der Waals surface area contributed by atoms with Crippen LogP contribution in [0.3, 0.4) is 0 Å². The van der Waals surface area contributed by atoms with E-state index in [9.17, 15) is 4.39 Å². The van der Waals surface area contributed by atoms with Crippen molar-refractivity contribution >= 4 is 0 Å². The van der Waals surface area contributed by atoms with E-state index in [4.69, 9.17) is 5.26 Å². The monoisotopic (exact) mass is 246 g/mol. The molecular weight excluding hydrogens is 227 g/mol. The zero-order chi connectivity index (χ0) is 12.8. The third-order valence-corrected chi connectivity index (χ3v) is 3.62. The van der Waals surface area contributed by atoms with Crippen LogP contribution in [0.25, 0.3) is 0 Å². The molecule has 0 atom stereocenters. The zero-order valence-corrected chi connectivity index (χ0v) is 10.6. The fourth-order valence-electron chi connectivity index (χ4n) is 2.56. The first kappa shape index (κ1) is 13.0. The van der Waals surface area contributed by atoms with Gasteiger partial charge in [-0.25, -0.2) is 4.39 Å². The summed E-state index contributed by atoms with van der Waals surface area (Å²) in [6.07, 6.45) is 7.56. The first-order chi connectivity index (χ1) is 8.79. The molecule has 3 heteroatoms. The molecular formula is C15H19FN2. The highest BCUT2D eigenvalue weighted by molar-refractivity contribution is 5.37. The van der Waals surface area contributed by atoms with E-state index in [-0.39, 0.29) is 5.82 Å². The lowest BCUT2D eigenvalue weighted by atomic mass is 10.1. The van der Waals surface area contributed by atoms with Crippen molar-refractivity contribution in [1.82, 2.24) is 5.32 Å². The summed E-state index contributed by atoms with van der Waals surface area (Å²) in [5.74, 6) is -0.272. The largest absolute Gasteiger partial charge is 0.310 e. The van der Waals surface area contributed by atoms with E-state index in [1.807, 2.05) is 0 Å². The van der Waals surface area contributed by atoms with Crippen molar-refractivity contribution in [1.29, 1.82) is 5.26 Å². The minimum absolute atomic E-state index is 0.272. The molecule has 0 spiro atoms. The van der Waals surface area contributed by atoms with Crippen LogP contribution >= 0.6 is 0 Å². The Morgan fingerprint density at radius 3 is 2.61 bits per heavy atom. The lowest BCUT2D eigenvalue weighted by molar-refractivity contribution is 0.458. The molecule has 96 valence electrons. The normalized spacial score (nSPS) is 17.1. The first-order valence-corrected chi connectivity index (χ1v) is 6.71. The summed E-state index contributed by atoms with van der Waals surface area (Å²) in [5, 5.41) is 12.5. The van der Waals surface area contributed by atoms with Crippen LogP contribution < -0.4 is 5.32 Å². The van der Waals surface area contributed by atoms with Crippen LogP contribution in [-0.4, -0.2) is 6.04 Å². The van der Waals surface area contributed by atoms with Gasteiger partial charge < -0.3 is 5.32 Å². The number of nitrogens with one attached hydrogen (secondary N) is 1.